The molecule has 4 nitrogen and oxygen atoms in total. The van der Waals surface area contributed by atoms with Gasteiger partial charge in [-0.3, -0.25) is 4.79 Å². The number of hydrogen-bond acceptors (Lipinski definition) is 3. The van der Waals surface area contributed by atoms with E-state index in [4.69, 9.17) is 10.5 Å². The number of likely N-dealkylation sites (N-methyl/N-ethyl adjacent to an activating group) is 1. The molecule has 0 spiro atoms. The summed E-state index contributed by atoms with van der Waals surface area (Å²) in [6.45, 7) is 4.76. The zero-order valence-corrected chi connectivity index (χ0v) is 10.9. The number of nitrogen functional groups attached to an aromatic ring is 1. The molecule has 0 aromatic heterocycles. The molecule has 0 aliphatic rings. The lowest BCUT2D eigenvalue weighted by atomic mass is 10.1. The van der Waals surface area contributed by atoms with E-state index in [0.29, 0.717) is 18.7 Å². The van der Waals surface area contributed by atoms with Crippen molar-refractivity contribution in [1.82, 2.24) is 4.90 Å². The molecule has 0 saturated carbocycles. The van der Waals surface area contributed by atoms with E-state index in [-0.39, 0.29) is 17.6 Å². The molecular weight excluding hydrogens is 235 g/mol. The zero-order valence-electron chi connectivity index (χ0n) is 10.9. The van der Waals surface area contributed by atoms with E-state index in [1.54, 1.807) is 12.0 Å². The molecule has 18 heavy (non-hydrogen) atoms. The van der Waals surface area contributed by atoms with Crippen molar-refractivity contribution in [2.75, 3.05) is 26.0 Å². The number of carbonyl (C=O) groups excluding carboxylic acids is 1. The first-order valence-corrected chi connectivity index (χ1v) is 5.86. The van der Waals surface area contributed by atoms with Gasteiger partial charge in [0.25, 0.3) is 5.91 Å². The summed E-state index contributed by atoms with van der Waals surface area (Å²) < 4.78 is 18.0. The third-order valence-corrected chi connectivity index (χ3v) is 2.79. The Hall–Kier alpha value is -1.62. The normalized spacial score (nSPS) is 12.2. The van der Waals surface area contributed by atoms with Crippen molar-refractivity contribution >= 4 is 11.6 Å². The van der Waals surface area contributed by atoms with Gasteiger partial charge in [0.05, 0.1) is 18.2 Å². The molecule has 0 aliphatic heterocycles. The van der Waals surface area contributed by atoms with Crippen molar-refractivity contribution < 1.29 is 13.9 Å². The van der Waals surface area contributed by atoms with Crippen molar-refractivity contribution in [2.45, 2.75) is 19.9 Å². The van der Waals surface area contributed by atoms with Crippen LogP contribution in [0.2, 0.25) is 0 Å². The number of rotatable bonds is 5. The Morgan fingerprint density at radius 1 is 1.56 bits per heavy atom. The summed E-state index contributed by atoms with van der Waals surface area (Å²) in [5.41, 5.74) is 6.15. The van der Waals surface area contributed by atoms with Crippen molar-refractivity contribution in [1.29, 1.82) is 0 Å². The van der Waals surface area contributed by atoms with Gasteiger partial charge in [0.2, 0.25) is 0 Å². The topological polar surface area (TPSA) is 55.6 Å². The van der Waals surface area contributed by atoms with Crippen molar-refractivity contribution in [2.24, 2.45) is 0 Å². The van der Waals surface area contributed by atoms with Crippen molar-refractivity contribution in [3.8, 4) is 0 Å². The van der Waals surface area contributed by atoms with Gasteiger partial charge in [0, 0.05) is 19.3 Å². The second-order valence-corrected chi connectivity index (χ2v) is 4.13. The highest BCUT2D eigenvalue weighted by atomic mass is 19.1. The third kappa shape index (κ3) is 3.20. The van der Waals surface area contributed by atoms with E-state index in [9.17, 15) is 9.18 Å². The Bertz CT molecular complexity index is 423. The SMILES string of the molecule is CCN(C(=O)c1ccc(F)cc1N)C(C)COC. The van der Waals surface area contributed by atoms with Crippen LogP contribution >= 0.6 is 0 Å². The fourth-order valence-electron chi connectivity index (χ4n) is 1.87. The fraction of sp³-hybridized carbons (Fsp3) is 0.462. The first-order valence-electron chi connectivity index (χ1n) is 5.86. The van der Waals surface area contributed by atoms with Crippen LogP contribution in [-0.4, -0.2) is 37.1 Å². The number of carbonyl (C=O) groups is 1. The summed E-state index contributed by atoms with van der Waals surface area (Å²) >= 11 is 0. The molecule has 1 atom stereocenters. The Morgan fingerprint density at radius 3 is 2.72 bits per heavy atom. The van der Waals surface area contributed by atoms with E-state index in [0.717, 1.165) is 6.07 Å². The number of hydrogen-bond donors (Lipinski definition) is 1. The highest BCUT2D eigenvalue weighted by molar-refractivity contribution is 5.99. The summed E-state index contributed by atoms with van der Waals surface area (Å²) in [4.78, 5) is 13.9. The molecule has 2 N–H and O–H groups in total. The van der Waals surface area contributed by atoms with Crippen molar-refractivity contribution in [3.05, 3.63) is 29.6 Å². The van der Waals surface area contributed by atoms with Gasteiger partial charge in [-0.05, 0) is 32.0 Å². The molecule has 1 unspecified atom stereocenters. The number of ether oxygens (including phenoxy) is 1. The lowest BCUT2D eigenvalue weighted by molar-refractivity contribution is 0.0580. The predicted octanol–water partition coefficient (Wildman–Crippen LogP) is 1.90. The zero-order chi connectivity index (χ0) is 13.7. The van der Waals surface area contributed by atoms with Gasteiger partial charge >= 0.3 is 0 Å². The summed E-state index contributed by atoms with van der Waals surface area (Å²) in [6.07, 6.45) is 0. The molecule has 0 radical (unpaired) electrons. The van der Waals surface area contributed by atoms with E-state index < -0.39 is 5.82 Å². The number of halogens is 1. The number of benzene rings is 1. The smallest absolute Gasteiger partial charge is 0.256 e. The average Bonchev–Trinajstić information content (AvgIpc) is 2.29. The monoisotopic (exact) mass is 254 g/mol. The van der Waals surface area contributed by atoms with Crippen LogP contribution in [0.15, 0.2) is 18.2 Å². The molecule has 5 heteroatoms. The molecule has 0 heterocycles. The lowest BCUT2D eigenvalue weighted by Gasteiger charge is -2.28. The molecule has 1 amide bonds. The van der Waals surface area contributed by atoms with Gasteiger partial charge in [0.15, 0.2) is 0 Å². The van der Waals surface area contributed by atoms with Gasteiger partial charge in [0.1, 0.15) is 5.82 Å². The van der Waals surface area contributed by atoms with E-state index in [2.05, 4.69) is 0 Å². The highest BCUT2D eigenvalue weighted by Crippen LogP contribution is 2.17. The molecule has 0 fully saturated rings. The minimum Gasteiger partial charge on any atom is -0.398 e. The Labute approximate surface area is 107 Å². The highest BCUT2D eigenvalue weighted by Gasteiger charge is 2.21. The summed E-state index contributed by atoms with van der Waals surface area (Å²) in [5.74, 6) is -0.656. The molecule has 1 aromatic carbocycles. The molecule has 0 saturated heterocycles. The largest absolute Gasteiger partial charge is 0.398 e. The number of nitrogens with zero attached hydrogens (tertiary/aromatic N) is 1. The molecular formula is C13H19FN2O2. The Kier molecular flexibility index (Phi) is 5.09. The first kappa shape index (κ1) is 14.4. The predicted molar refractivity (Wildman–Crippen MR) is 68.9 cm³/mol. The van der Waals surface area contributed by atoms with Gasteiger partial charge in [-0.15, -0.1) is 0 Å². The van der Waals surface area contributed by atoms with Crippen LogP contribution < -0.4 is 5.73 Å². The van der Waals surface area contributed by atoms with Crippen molar-refractivity contribution in [3.63, 3.8) is 0 Å². The average molecular weight is 254 g/mol. The van der Waals surface area contributed by atoms with Crippen LogP contribution in [0, 0.1) is 5.82 Å². The van der Waals surface area contributed by atoms with Gasteiger partial charge in [-0.1, -0.05) is 0 Å². The number of anilines is 1. The number of nitrogens with two attached hydrogens (primary N) is 1. The van der Waals surface area contributed by atoms with Gasteiger partial charge < -0.3 is 15.4 Å². The summed E-state index contributed by atoms with van der Waals surface area (Å²) in [5, 5.41) is 0. The maximum atomic E-state index is 12.9. The fourth-order valence-corrected chi connectivity index (χ4v) is 1.87. The van der Waals surface area contributed by atoms with E-state index in [1.165, 1.54) is 12.1 Å². The van der Waals surface area contributed by atoms with Crippen LogP contribution in [-0.2, 0) is 4.74 Å². The van der Waals surface area contributed by atoms with Crippen LogP contribution in [0.5, 0.6) is 0 Å². The minimum atomic E-state index is -0.447. The van der Waals surface area contributed by atoms with Crippen LogP contribution in [0.1, 0.15) is 24.2 Å². The molecule has 0 bridgehead atoms. The van der Waals surface area contributed by atoms with Crippen LogP contribution in [0.3, 0.4) is 0 Å². The quantitative estimate of drug-likeness (QED) is 0.816. The lowest BCUT2D eigenvalue weighted by Crippen LogP contribution is -2.41. The molecule has 1 aromatic rings. The number of amides is 1. The van der Waals surface area contributed by atoms with Crippen LogP contribution in [0.4, 0.5) is 10.1 Å². The number of methoxy groups -OCH3 is 1. The minimum absolute atomic E-state index is 0.0584. The first-order chi connectivity index (χ1) is 8.51. The molecule has 1 rings (SSSR count). The molecule has 100 valence electrons. The molecule has 0 aliphatic carbocycles. The second kappa shape index (κ2) is 6.35. The second-order valence-electron chi connectivity index (χ2n) is 4.13. The third-order valence-electron chi connectivity index (χ3n) is 2.79. The maximum absolute atomic E-state index is 12.9. The Morgan fingerprint density at radius 2 is 2.22 bits per heavy atom. The maximum Gasteiger partial charge on any atom is 0.256 e. The standard InChI is InChI=1S/C13H19FN2O2/c1-4-16(9(2)8-18-3)13(17)11-6-5-10(14)7-12(11)15/h5-7,9H,4,8,15H2,1-3H3. The Balaban J connectivity index is 2.96. The summed E-state index contributed by atoms with van der Waals surface area (Å²) in [7, 11) is 1.58. The van der Waals surface area contributed by atoms with Gasteiger partial charge in [-0.2, -0.15) is 0 Å². The van der Waals surface area contributed by atoms with E-state index >= 15 is 0 Å². The summed E-state index contributed by atoms with van der Waals surface area (Å²) in [6, 6.07) is 3.74. The van der Waals surface area contributed by atoms with Crippen LogP contribution in [0.25, 0.3) is 0 Å². The van der Waals surface area contributed by atoms with E-state index in [1.807, 2.05) is 13.8 Å². The van der Waals surface area contributed by atoms with Gasteiger partial charge in [-0.25, -0.2) is 4.39 Å².